The maximum Gasteiger partial charge on any atom is 0.332 e. The average Bonchev–Trinajstić information content (AvgIpc) is 2.81. The maximum atomic E-state index is 10.5. The lowest BCUT2D eigenvalue weighted by atomic mass is 9.93. The zero-order chi connectivity index (χ0) is 16.8. The zero-order valence-electron chi connectivity index (χ0n) is 15.0. The van der Waals surface area contributed by atoms with E-state index in [-0.39, 0.29) is 0 Å². The number of hydrogen-bond donors (Lipinski definition) is 2. The van der Waals surface area contributed by atoms with Gasteiger partial charge < -0.3 is 10.2 Å². The van der Waals surface area contributed by atoms with Gasteiger partial charge in [-0.1, -0.05) is 103 Å². The smallest absolute Gasteiger partial charge is 0.332 e. The number of unbranched alkanes of at least 4 members (excludes halogenated alkanes) is 8. The van der Waals surface area contributed by atoms with Crippen molar-refractivity contribution >= 4 is 5.97 Å². The van der Waals surface area contributed by atoms with Crippen LogP contribution >= 0.6 is 0 Å². The fraction of sp³-hybridized carbons (Fsp3) is 0.950. The zero-order valence-corrected chi connectivity index (χ0v) is 15.0. The second-order valence-corrected chi connectivity index (χ2v) is 7.47. The van der Waals surface area contributed by atoms with Crippen molar-refractivity contribution in [2.75, 3.05) is 0 Å². The molecule has 0 aliphatic heterocycles. The number of aliphatic hydroxyl groups is 1. The van der Waals surface area contributed by atoms with Crippen molar-refractivity contribution in [2.24, 2.45) is 5.92 Å². The molecule has 1 atom stereocenters. The summed E-state index contributed by atoms with van der Waals surface area (Å²) >= 11 is 0. The molecule has 1 fully saturated rings. The maximum absolute atomic E-state index is 10.5. The van der Waals surface area contributed by atoms with Gasteiger partial charge in [0.15, 0.2) is 6.10 Å². The van der Waals surface area contributed by atoms with Crippen molar-refractivity contribution in [3.63, 3.8) is 0 Å². The number of aliphatic carboxylic acids is 1. The van der Waals surface area contributed by atoms with E-state index in [0.717, 1.165) is 18.8 Å². The van der Waals surface area contributed by atoms with Crippen LogP contribution in [0.5, 0.6) is 0 Å². The second-order valence-electron chi connectivity index (χ2n) is 7.47. The number of aliphatic hydroxyl groups excluding tert-OH is 1. The van der Waals surface area contributed by atoms with Crippen LogP contribution in [-0.2, 0) is 4.79 Å². The number of hydrogen-bond acceptors (Lipinski definition) is 2. The lowest BCUT2D eigenvalue weighted by molar-refractivity contribution is -0.146. The molecule has 23 heavy (non-hydrogen) atoms. The highest BCUT2D eigenvalue weighted by atomic mass is 16.4. The number of carboxylic acids is 1. The number of carbonyl (C=O) groups is 1. The minimum absolute atomic E-state index is 0.399. The minimum atomic E-state index is -1.16. The van der Waals surface area contributed by atoms with E-state index in [1.807, 2.05) is 0 Å². The van der Waals surface area contributed by atoms with E-state index in [9.17, 15) is 4.79 Å². The summed E-state index contributed by atoms with van der Waals surface area (Å²) in [5.41, 5.74) is 0. The Morgan fingerprint density at radius 1 is 0.783 bits per heavy atom. The van der Waals surface area contributed by atoms with Gasteiger partial charge >= 0.3 is 5.97 Å². The van der Waals surface area contributed by atoms with Gasteiger partial charge in [0, 0.05) is 0 Å². The number of carboxylic acid groups (broad SMARTS) is 1. The molecule has 0 amide bonds. The first-order chi connectivity index (χ1) is 11.2. The molecule has 136 valence electrons. The highest BCUT2D eigenvalue weighted by Crippen LogP contribution is 2.27. The van der Waals surface area contributed by atoms with Crippen LogP contribution in [0.1, 0.15) is 109 Å². The van der Waals surface area contributed by atoms with E-state index < -0.39 is 12.1 Å². The molecule has 0 radical (unpaired) electrons. The highest BCUT2D eigenvalue weighted by Gasteiger charge is 2.12. The van der Waals surface area contributed by atoms with E-state index in [4.69, 9.17) is 10.2 Å². The Bertz CT molecular complexity index is 283. The van der Waals surface area contributed by atoms with E-state index in [1.54, 1.807) is 0 Å². The summed E-state index contributed by atoms with van der Waals surface area (Å²) in [6.45, 7) is 0. The minimum Gasteiger partial charge on any atom is -0.479 e. The SMILES string of the molecule is O=C(O)C(O)CCCCCCCCCCCC1CCCCCC1. The van der Waals surface area contributed by atoms with E-state index in [1.165, 1.54) is 89.9 Å². The molecule has 3 nitrogen and oxygen atoms in total. The van der Waals surface area contributed by atoms with Gasteiger partial charge in [0.2, 0.25) is 0 Å². The van der Waals surface area contributed by atoms with Crippen LogP contribution in [0.25, 0.3) is 0 Å². The van der Waals surface area contributed by atoms with Gasteiger partial charge in [-0.2, -0.15) is 0 Å². The van der Waals surface area contributed by atoms with Gasteiger partial charge in [-0.3, -0.25) is 0 Å². The molecule has 3 heteroatoms. The molecule has 0 spiro atoms. The monoisotopic (exact) mass is 326 g/mol. The predicted molar refractivity (Wildman–Crippen MR) is 95.6 cm³/mol. The van der Waals surface area contributed by atoms with Crippen LogP contribution < -0.4 is 0 Å². The fourth-order valence-corrected chi connectivity index (χ4v) is 3.78. The van der Waals surface area contributed by atoms with Crippen molar-refractivity contribution in [1.82, 2.24) is 0 Å². The van der Waals surface area contributed by atoms with Crippen molar-refractivity contribution < 1.29 is 15.0 Å². The topological polar surface area (TPSA) is 57.5 Å². The van der Waals surface area contributed by atoms with E-state index in [0.29, 0.717) is 6.42 Å². The van der Waals surface area contributed by atoms with Gasteiger partial charge in [0.25, 0.3) is 0 Å². The molecule has 1 unspecified atom stereocenters. The van der Waals surface area contributed by atoms with Crippen LogP contribution in [0.15, 0.2) is 0 Å². The van der Waals surface area contributed by atoms with Crippen molar-refractivity contribution in [3.05, 3.63) is 0 Å². The first kappa shape index (κ1) is 20.5. The van der Waals surface area contributed by atoms with Crippen LogP contribution in [-0.4, -0.2) is 22.3 Å². The van der Waals surface area contributed by atoms with Crippen molar-refractivity contribution in [2.45, 2.75) is 115 Å². The molecule has 1 aliphatic carbocycles. The molecule has 0 aromatic rings. The average molecular weight is 327 g/mol. The fourth-order valence-electron chi connectivity index (χ4n) is 3.78. The van der Waals surface area contributed by atoms with Gasteiger partial charge in [-0.25, -0.2) is 4.79 Å². The third kappa shape index (κ3) is 11.6. The van der Waals surface area contributed by atoms with Gasteiger partial charge in [-0.15, -0.1) is 0 Å². The molecule has 0 bridgehead atoms. The standard InChI is InChI=1S/C20H38O3/c21-19(20(22)23)17-13-7-5-3-1-2-4-6-10-14-18-15-11-8-9-12-16-18/h18-19,21H,1-17H2,(H,22,23). The van der Waals surface area contributed by atoms with Gasteiger partial charge in [0.05, 0.1) is 0 Å². The number of rotatable bonds is 13. The quantitative estimate of drug-likeness (QED) is 0.337. The first-order valence-electron chi connectivity index (χ1n) is 10.1. The van der Waals surface area contributed by atoms with Gasteiger partial charge in [-0.05, 0) is 12.3 Å². The normalized spacial score (nSPS) is 17.8. The van der Waals surface area contributed by atoms with Crippen molar-refractivity contribution in [3.8, 4) is 0 Å². The van der Waals surface area contributed by atoms with Crippen LogP contribution in [0.3, 0.4) is 0 Å². The summed E-state index contributed by atoms with van der Waals surface area (Å²) in [5, 5.41) is 17.7. The first-order valence-corrected chi connectivity index (χ1v) is 10.1. The molecule has 2 N–H and O–H groups in total. The molecular formula is C20H38O3. The predicted octanol–water partition coefficient (Wildman–Crippen LogP) is 5.69. The third-order valence-corrected chi connectivity index (χ3v) is 5.35. The lowest BCUT2D eigenvalue weighted by Crippen LogP contribution is -2.18. The highest BCUT2D eigenvalue weighted by molar-refractivity contribution is 5.71. The molecule has 0 aromatic carbocycles. The lowest BCUT2D eigenvalue weighted by Gasteiger charge is -2.13. The molecular weight excluding hydrogens is 288 g/mol. The van der Waals surface area contributed by atoms with E-state index >= 15 is 0 Å². The molecule has 0 aromatic heterocycles. The van der Waals surface area contributed by atoms with Gasteiger partial charge in [0.1, 0.15) is 0 Å². The molecule has 1 saturated carbocycles. The summed E-state index contributed by atoms with van der Waals surface area (Å²) in [6, 6.07) is 0. The summed E-state index contributed by atoms with van der Waals surface area (Å²) in [5.74, 6) is -0.0625. The molecule has 0 saturated heterocycles. The Hall–Kier alpha value is -0.570. The summed E-state index contributed by atoms with van der Waals surface area (Å²) in [7, 11) is 0. The van der Waals surface area contributed by atoms with Crippen LogP contribution in [0.2, 0.25) is 0 Å². The van der Waals surface area contributed by atoms with E-state index in [2.05, 4.69) is 0 Å². The molecule has 1 aliphatic rings. The molecule has 1 rings (SSSR count). The van der Waals surface area contributed by atoms with Crippen molar-refractivity contribution in [1.29, 1.82) is 0 Å². The molecule has 0 heterocycles. The largest absolute Gasteiger partial charge is 0.479 e. The third-order valence-electron chi connectivity index (χ3n) is 5.35. The Kier molecular flexibility index (Phi) is 12.3. The Balaban J connectivity index is 1.78. The Morgan fingerprint density at radius 3 is 1.78 bits per heavy atom. The summed E-state index contributed by atoms with van der Waals surface area (Å²) < 4.78 is 0. The van der Waals surface area contributed by atoms with Crippen LogP contribution in [0, 0.1) is 5.92 Å². The summed E-state index contributed by atoms with van der Waals surface area (Å²) in [6.07, 6.45) is 20.7. The summed E-state index contributed by atoms with van der Waals surface area (Å²) in [4.78, 5) is 10.5. The Morgan fingerprint density at radius 2 is 1.26 bits per heavy atom. The Labute approximate surface area is 142 Å². The van der Waals surface area contributed by atoms with Crippen LogP contribution in [0.4, 0.5) is 0 Å². The second kappa shape index (κ2) is 13.8.